The van der Waals surface area contributed by atoms with Crippen LogP contribution < -0.4 is 5.56 Å². The van der Waals surface area contributed by atoms with Crippen LogP contribution in [0.1, 0.15) is 29.6 Å². The molecule has 1 unspecified atom stereocenters. The van der Waals surface area contributed by atoms with Gasteiger partial charge in [-0.05, 0) is 30.9 Å². The highest BCUT2D eigenvalue weighted by molar-refractivity contribution is 6.05. The van der Waals surface area contributed by atoms with Gasteiger partial charge in [0.15, 0.2) is 0 Å². The van der Waals surface area contributed by atoms with Gasteiger partial charge in [-0.15, -0.1) is 0 Å². The molecule has 27 heavy (non-hydrogen) atoms. The number of pyridine rings is 1. The maximum atomic E-state index is 13.2. The number of aromatic amines is 1. The Morgan fingerprint density at radius 2 is 2.22 bits per heavy atom. The molecule has 3 heterocycles. The van der Waals surface area contributed by atoms with E-state index < -0.39 is 0 Å². The standard InChI is InChI=1S/C21H26N4O2/c1-23-14-18(17-8-10-22-19(17)21(23)27)20(26)24(2)16-9-11-25(13-16)12-15-6-4-3-5-7-15/h4,6-8,10,14,16,22H,3,5,9,11-13H2,1-2H3. The van der Waals surface area contributed by atoms with Crippen LogP contribution in [0.5, 0.6) is 0 Å². The van der Waals surface area contributed by atoms with Gasteiger partial charge in [0, 0.05) is 57.6 Å². The van der Waals surface area contributed by atoms with E-state index in [1.807, 2.05) is 11.9 Å². The van der Waals surface area contributed by atoms with E-state index in [9.17, 15) is 9.59 Å². The summed E-state index contributed by atoms with van der Waals surface area (Å²) in [6, 6.07) is 2.00. The summed E-state index contributed by atoms with van der Waals surface area (Å²) in [7, 11) is 3.56. The number of aromatic nitrogens is 2. The molecular weight excluding hydrogens is 340 g/mol. The number of carbonyl (C=O) groups is 1. The van der Waals surface area contributed by atoms with E-state index >= 15 is 0 Å². The molecule has 1 atom stereocenters. The van der Waals surface area contributed by atoms with Gasteiger partial charge in [0.2, 0.25) is 0 Å². The van der Waals surface area contributed by atoms with Crippen molar-refractivity contribution in [3.8, 4) is 0 Å². The van der Waals surface area contributed by atoms with E-state index in [2.05, 4.69) is 28.1 Å². The van der Waals surface area contributed by atoms with Gasteiger partial charge in [0.1, 0.15) is 5.52 Å². The van der Waals surface area contributed by atoms with Crippen LogP contribution in [0.2, 0.25) is 0 Å². The summed E-state index contributed by atoms with van der Waals surface area (Å²) in [5.74, 6) is -0.0289. The molecule has 2 aromatic rings. The van der Waals surface area contributed by atoms with Crippen molar-refractivity contribution in [1.82, 2.24) is 19.4 Å². The van der Waals surface area contributed by atoms with Crippen molar-refractivity contribution >= 4 is 16.8 Å². The SMILES string of the molecule is CN(C(=O)c1cn(C)c(=O)c2[nH]ccc12)C1CCN(CC2=CCCC=C2)C1. The van der Waals surface area contributed by atoms with E-state index in [0.29, 0.717) is 16.5 Å². The van der Waals surface area contributed by atoms with Crippen molar-refractivity contribution in [3.05, 3.63) is 58.2 Å². The molecule has 2 aromatic heterocycles. The Morgan fingerprint density at radius 1 is 1.37 bits per heavy atom. The van der Waals surface area contributed by atoms with Gasteiger partial charge < -0.3 is 14.5 Å². The zero-order valence-electron chi connectivity index (χ0n) is 15.9. The summed E-state index contributed by atoms with van der Waals surface area (Å²) in [6.07, 6.45) is 13.4. The summed E-state index contributed by atoms with van der Waals surface area (Å²) in [5.41, 5.74) is 2.33. The molecule has 2 aliphatic rings. The molecule has 1 amide bonds. The minimum Gasteiger partial charge on any atom is -0.357 e. The second-order valence-corrected chi connectivity index (χ2v) is 7.58. The molecule has 0 radical (unpaired) electrons. The Bertz CT molecular complexity index is 982. The van der Waals surface area contributed by atoms with Crippen LogP contribution in [0.15, 0.2) is 47.1 Å². The minimum atomic E-state index is -0.116. The van der Waals surface area contributed by atoms with Crippen LogP contribution in [0.3, 0.4) is 0 Å². The lowest BCUT2D eigenvalue weighted by atomic mass is 10.1. The van der Waals surface area contributed by atoms with Gasteiger partial charge in [-0.2, -0.15) is 0 Å². The number of nitrogens with zero attached hydrogens (tertiary/aromatic N) is 3. The number of fused-ring (bicyclic) bond motifs is 1. The van der Waals surface area contributed by atoms with Crippen LogP contribution >= 0.6 is 0 Å². The number of amides is 1. The molecule has 4 rings (SSSR count). The van der Waals surface area contributed by atoms with Crippen molar-refractivity contribution < 1.29 is 4.79 Å². The predicted octanol–water partition coefficient (Wildman–Crippen LogP) is 2.29. The van der Waals surface area contributed by atoms with Crippen molar-refractivity contribution in [2.75, 3.05) is 26.7 Å². The highest BCUT2D eigenvalue weighted by atomic mass is 16.2. The van der Waals surface area contributed by atoms with Crippen LogP contribution in [-0.2, 0) is 7.05 Å². The number of hydrogen-bond acceptors (Lipinski definition) is 3. The van der Waals surface area contributed by atoms with E-state index in [0.717, 1.165) is 38.9 Å². The molecule has 1 aliphatic carbocycles. The van der Waals surface area contributed by atoms with Gasteiger partial charge in [-0.1, -0.05) is 18.2 Å². The van der Waals surface area contributed by atoms with Gasteiger partial charge in [-0.25, -0.2) is 0 Å². The lowest BCUT2D eigenvalue weighted by Gasteiger charge is -2.26. The molecule has 0 spiro atoms. The Balaban J connectivity index is 1.49. The first kappa shape index (κ1) is 17.8. The molecule has 1 aliphatic heterocycles. The summed E-state index contributed by atoms with van der Waals surface area (Å²) in [6.45, 7) is 2.84. The fraction of sp³-hybridized carbons (Fsp3) is 0.429. The molecule has 1 saturated heterocycles. The summed E-state index contributed by atoms with van der Waals surface area (Å²) in [4.78, 5) is 32.6. The van der Waals surface area contributed by atoms with E-state index in [1.54, 1.807) is 25.5 Å². The molecule has 142 valence electrons. The third-order valence-corrected chi connectivity index (χ3v) is 5.72. The van der Waals surface area contributed by atoms with Crippen molar-refractivity contribution in [1.29, 1.82) is 0 Å². The van der Waals surface area contributed by atoms with Gasteiger partial charge in [-0.3, -0.25) is 14.5 Å². The largest absolute Gasteiger partial charge is 0.357 e. The first-order chi connectivity index (χ1) is 13.0. The Labute approximate surface area is 158 Å². The fourth-order valence-corrected chi connectivity index (χ4v) is 4.11. The number of nitrogens with one attached hydrogen (secondary N) is 1. The lowest BCUT2D eigenvalue weighted by molar-refractivity contribution is 0.0737. The quantitative estimate of drug-likeness (QED) is 0.903. The zero-order valence-corrected chi connectivity index (χ0v) is 15.9. The molecule has 6 heteroatoms. The fourth-order valence-electron chi connectivity index (χ4n) is 4.11. The van der Waals surface area contributed by atoms with E-state index in [1.165, 1.54) is 10.1 Å². The van der Waals surface area contributed by atoms with E-state index in [-0.39, 0.29) is 17.5 Å². The average Bonchev–Trinajstić information content (AvgIpc) is 3.34. The van der Waals surface area contributed by atoms with Crippen LogP contribution in [0, 0.1) is 0 Å². The molecular formula is C21H26N4O2. The Kier molecular flexibility index (Phi) is 4.74. The highest BCUT2D eigenvalue weighted by Gasteiger charge is 2.30. The normalized spacial score (nSPS) is 20.2. The molecule has 1 N–H and O–H groups in total. The molecule has 1 fully saturated rings. The number of aryl methyl sites for hydroxylation is 1. The van der Waals surface area contributed by atoms with Crippen molar-refractivity contribution in [2.45, 2.75) is 25.3 Å². The second kappa shape index (κ2) is 7.19. The number of likely N-dealkylation sites (tertiary alicyclic amines) is 1. The van der Waals surface area contributed by atoms with Gasteiger partial charge >= 0.3 is 0 Å². The molecule has 0 aromatic carbocycles. The number of allylic oxidation sites excluding steroid dienone is 2. The van der Waals surface area contributed by atoms with E-state index in [4.69, 9.17) is 0 Å². The zero-order chi connectivity index (χ0) is 19.0. The van der Waals surface area contributed by atoms with Gasteiger partial charge in [0.25, 0.3) is 11.5 Å². The highest BCUT2D eigenvalue weighted by Crippen LogP contribution is 2.22. The predicted molar refractivity (Wildman–Crippen MR) is 107 cm³/mol. The first-order valence-electron chi connectivity index (χ1n) is 9.56. The minimum absolute atomic E-state index is 0.0289. The maximum Gasteiger partial charge on any atom is 0.274 e. The maximum absolute atomic E-state index is 13.2. The van der Waals surface area contributed by atoms with Crippen LogP contribution in [0.25, 0.3) is 10.9 Å². The third-order valence-electron chi connectivity index (χ3n) is 5.72. The topological polar surface area (TPSA) is 61.3 Å². The monoisotopic (exact) mass is 366 g/mol. The molecule has 0 bridgehead atoms. The smallest absolute Gasteiger partial charge is 0.274 e. The number of rotatable bonds is 4. The molecule has 6 nitrogen and oxygen atoms in total. The average molecular weight is 366 g/mol. The van der Waals surface area contributed by atoms with Crippen LogP contribution in [0.4, 0.5) is 0 Å². The first-order valence-corrected chi connectivity index (χ1v) is 9.56. The van der Waals surface area contributed by atoms with Gasteiger partial charge in [0.05, 0.1) is 5.56 Å². The number of likely N-dealkylation sites (N-methyl/N-ethyl adjacent to an activating group) is 1. The second-order valence-electron chi connectivity index (χ2n) is 7.58. The van der Waals surface area contributed by atoms with Crippen LogP contribution in [-0.4, -0.2) is 58.0 Å². The number of carbonyl (C=O) groups excluding carboxylic acids is 1. The lowest BCUT2D eigenvalue weighted by Crippen LogP contribution is -2.39. The molecule has 0 saturated carbocycles. The van der Waals surface area contributed by atoms with Crippen molar-refractivity contribution in [3.63, 3.8) is 0 Å². The Morgan fingerprint density at radius 3 is 3.00 bits per heavy atom. The van der Waals surface area contributed by atoms with Crippen molar-refractivity contribution in [2.24, 2.45) is 7.05 Å². The third kappa shape index (κ3) is 3.37. The number of hydrogen-bond donors (Lipinski definition) is 1. The Hall–Kier alpha value is -2.60. The summed E-state index contributed by atoms with van der Waals surface area (Å²) < 4.78 is 1.47. The number of H-pyrrole nitrogens is 1. The summed E-state index contributed by atoms with van der Waals surface area (Å²) >= 11 is 0. The summed E-state index contributed by atoms with van der Waals surface area (Å²) in [5, 5.41) is 0.697.